The number of carbonyl (C=O) groups excluding carboxylic acids is 1. The number of likely N-dealkylation sites (tertiary alicyclic amines) is 1. The van der Waals surface area contributed by atoms with E-state index in [4.69, 9.17) is 0 Å². The summed E-state index contributed by atoms with van der Waals surface area (Å²) in [4.78, 5) is 42.4. The van der Waals surface area contributed by atoms with Gasteiger partial charge in [-0.1, -0.05) is 0 Å². The summed E-state index contributed by atoms with van der Waals surface area (Å²) < 4.78 is 2.47. The van der Waals surface area contributed by atoms with Gasteiger partial charge >= 0.3 is 5.69 Å². The molecule has 2 aromatic rings. The molecule has 0 spiro atoms. The smallest absolute Gasteiger partial charge is 0.332 e. The van der Waals surface area contributed by atoms with Crippen molar-refractivity contribution >= 4 is 22.6 Å². The average Bonchev–Trinajstić information content (AvgIpc) is 3.00. The fourth-order valence-electron chi connectivity index (χ4n) is 3.27. The first-order chi connectivity index (χ1) is 11.9. The SMILES string of the molecule is Cc1cnc2c(c1NCCCN1CCCC1=O)c(=O)n(C)c(=O)n2C. The second-order valence-electron chi connectivity index (χ2n) is 6.49. The number of pyridine rings is 1. The van der Waals surface area contributed by atoms with E-state index in [-0.39, 0.29) is 11.5 Å². The Morgan fingerprint density at radius 1 is 1.20 bits per heavy atom. The molecule has 0 aliphatic carbocycles. The largest absolute Gasteiger partial charge is 0.384 e. The molecule has 1 N–H and O–H groups in total. The molecule has 0 saturated carbocycles. The van der Waals surface area contributed by atoms with Gasteiger partial charge in [0.05, 0.1) is 5.69 Å². The van der Waals surface area contributed by atoms with Gasteiger partial charge in [-0.25, -0.2) is 9.78 Å². The number of amides is 1. The summed E-state index contributed by atoms with van der Waals surface area (Å²) in [6, 6.07) is 0. The molecular formula is C17H23N5O3. The lowest BCUT2D eigenvalue weighted by atomic mass is 10.2. The second kappa shape index (κ2) is 6.70. The third-order valence-corrected chi connectivity index (χ3v) is 4.74. The van der Waals surface area contributed by atoms with Gasteiger partial charge < -0.3 is 10.2 Å². The quantitative estimate of drug-likeness (QED) is 0.791. The topological polar surface area (TPSA) is 89.2 Å². The summed E-state index contributed by atoms with van der Waals surface area (Å²) >= 11 is 0. The molecule has 8 nitrogen and oxygen atoms in total. The van der Waals surface area contributed by atoms with E-state index in [1.165, 1.54) is 11.6 Å². The highest BCUT2D eigenvalue weighted by molar-refractivity contribution is 5.90. The number of hydrogen-bond acceptors (Lipinski definition) is 5. The first-order valence-electron chi connectivity index (χ1n) is 8.48. The van der Waals surface area contributed by atoms with Gasteiger partial charge in [0.25, 0.3) is 5.56 Å². The van der Waals surface area contributed by atoms with Gasteiger partial charge in [0.1, 0.15) is 5.39 Å². The monoisotopic (exact) mass is 345 g/mol. The van der Waals surface area contributed by atoms with Gasteiger partial charge in [-0.15, -0.1) is 0 Å². The Morgan fingerprint density at radius 2 is 1.96 bits per heavy atom. The number of fused-ring (bicyclic) bond motifs is 1. The molecule has 0 bridgehead atoms. The van der Waals surface area contributed by atoms with Crippen molar-refractivity contribution in [3.8, 4) is 0 Å². The molecule has 2 aromatic heterocycles. The van der Waals surface area contributed by atoms with Crippen LogP contribution >= 0.6 is 0 Å². The van der Waals surface area contributed by atoms with E-state index in [1.54, 1.807) is 13.2 Å². The lowest BCUT2D eigenvalue weighted by Gasteiger charge is -2.17. The predicted octanol–water partition coefficient (Wildman–Crippen LogP) is 0.365. The van der Waals surface area contributed by atoms with E-state index in [0.29, 0.717) is 36.2 Å². The molecule has 8 heteroatoms. The summed E-state index contributed by atoms with van der Waals surface area (Å²) in [5.41, 5.74) is 1.17. The van der Waals surface area contributed by atoms with Crippen LogP contribution in [0.4, 0.5) is 5.69 Å². The summed E-state index contributed by atoms with van der Waals surface area (Å²) in [5.74, 6) is 0.217. The zero-order valence-corrected chi connectivity index (χ0v) is 14.8. The molecular weight excluding hydrogens is 322 g/mol. The van der Waals surface area contributed by atoms with Gasteiger partial charge in [-0.2, -0.15) is 0 Å². The minimum atomic E-state index is -0.396. The van der Waals surface area contributed by atoms with Crippen molar-refractivity contribution < 1.29 is 4.79 Å². The van der Waals surface area contributed by atoms with Crippen molar-refractivity contribution in [3.05, 3.63) is 32.6 Å². The third-order valence-electron chi connectivity index (χ3n) is 4.74. The summed E-state index contributed by atoms with van der Waals surface area (Å²) in [5, 5.41) is 3.72. The minimum Gasteiger partial charge on any atom is -0.384 e. The Kier molecular flexibility index (Phi) is 4.61. The average molecular weight is 345 g/mol. The number of anilines is 1. The molecule has 0 atom stereocenters. The summed E-state index contributed by atoms with van der Waals surface area (Å²) in [6.07, 6.45) is 4.03. The van der Waals surface area contributed by atoms with E-state index in [1.807, 2.05) is 11.8 Å². The Hall–Kier alpha value is -2.64. The number of nitrogens with one attached hydrogen (secondary N) is 1. The number of rotatable bonds is 5. The number of nitrogens with zero attached hydrogens (tertiary/aromatic N) is 4. The molecule has 3 rings (SSSR count). The van der Waals surface area contributed by atoms with Crippen LogP contribution in [0.15, 0.2) is 15.8 Å². The molecule has 1 aliphatic rings. The lowest BCUT2D eigenvalue weighted by molar-refractivity contribution is -0.127. The molecule has 1 saturated heterocycles. The maximum Gasteiger partial charge on any atom is 0.332 e. The van der Waals surface area contributed by atoms with E-state index >= 15 is 0 Å². The Labute approximate surface area is 145 Å². The summed E-state index contributed by atoms with van der Waals surface area (Å²) in [6.45, 7) is 4.06. The number of aryl methyl sites for hydroxylation is 2. The van der Waals surface area contributed by atoms with Crippen LogP contribution in [-0.2, 0) is 18.9 Å². The van der Waals surface area contributed by atoms with Crippen LogP contribution in [0, 0.1) is 6.92 Å². The van der Waals surface area contributed by atoms with Crippen LogP contribution in [0.2, 0.25) is 0 Å². The molecule has 1 aliphatic heterocycles. The number of aromatic nitrogens is 3. The third kappa shape index (κ3) is 3.04. The molecule has 0 radical (unpaired) electrons. The highest BCUT2D eigenvalue weighted by Crippen LogP contribution is 2.21. The van der Waals surface area contributed by atoms with Crippen molar-refractivity contribution in [2.75, 3.05) is 25.0 Å². The maximum absolute atomic E-state index is 12.6. The van der Waals surface area contributed by atoms with Gasteiger partial charge in [-0.3, -0.25) is 18.7 Å². The van der Waals surface area contributed by atoms with Crippen molar-refractivity contribution in [3.63, 3.8) is 0 Å². The van der Waals surface area contributed by atoms with Crippen LogP contribution < -0.4 is 16.6 Å². The fraction of sp³-hybridized carbons (Fsp3) is 0.529. The lowest BCUT2D eigenvalue weighted by Crippen LogP contribution is -2.37. The predicted molar refractivity (Wildman–Crippen MR) is 95.9 cm³/mol. The van der Waals surface area contributed by atoms with Crippen molar-refractivity contribution in [2.45, 2.75) is 26.2 Å². The van der Waals surface area contributed by atoms with Gasteiger partial charge in [0.15, 0.2) is 5.65 Å². The minimum absolute atomic E-state index is 0.217. The molecule has 134 valence electrons. The van der Waals surface area contributed by atoms with Gasteiger partial charge in [0, 0.05) is 46.3 Å². The highest BCUT2D eigenvalue weighted by atomic mass is 16.2. The number of carbonyl (C=O) groups is 1. The van der Waals surface area contributed by atoms with Crippen LogP contribution in [0.25, 0.3) is 11.0 Å². The van der Waals surface area contributed by atoms with Crippen molar-refractivity contribution in [1.29, 1.82) is 0 Å². The van der Waals surface area contributed by atoms with Crippen LogP contribution in [0.5, 0.6) is 0 Å². The van der Waals surface area contributed by atoms with Crippen molar-refractivity contribution in [1.82, 2.24) is 19.0 Å². The van der Waals surface area contributed by atoms with Crippen LogP contribution in [-0.4, -0.2) is 44.6 Å². The van der Waals surface area contributed by atoms with Crippen molar-refractivity contribution in [2.24, 2.45) is 14.1 Å². The van der Waals surface area contributed by atoms with Gasteiger partial charge in [-0.05, 0) is 25.3 Å². The highest BCUT2D eigenvalue weighted by Gasteiger charge is 2.19. The normalized spacial score (nSPS) is 14.5. The fourth-order valence-corrected chi connectivity index (χ4v) is 3.27. The zero-order valence-electron chi connectivity index (χ0n) is 14.8. The number of hydrogen-bond donors (Lipinski definition) is 1. The molecule has 1 fully saturated rings. The van der Waals surface area contributed by atoms with Crippen LogP contribution in [0.3, 0.4) is 0 Å². The molecule has 3 heterocycles. The summed E-state index contributed by atoms with van der Waals surface area (Å²) in [7, 11) is 3.07. The van der Waals surface area contributed by atoms with E-state index in [2.05, 4.69) is 10.3 Å². The van der Waals surface area contributed by atoms with E-state index in [0.717, 1.165) is 29.5 Å². The van der Waals surface area contributed by atoms with Crippen LogP contribution in [0.1, 0.15) is 24.8 Å². The van der Waals surface area contributed by atoms with E-state index in [9.17, 15) is 14.4 Å². The first kappa shape index (κ1) is 17.2. The molecule has 25 heavy (non-hydrogen) atoms. The molecule has 0 unspecified atom stereocenters. The van der Waals surface area contributed by atoms with Gasteiger partial charge in [0.2, 0.25) is 5.91 Å². The standard InChI is InChI=1S/C17H23N5O3/c1-11-10-19-15-13(16(24)21(3)17(25)20(15)2)14(11)18-7-5-9-22-8-4-6-12(22)23/h10H,4-9H2,1-3H3,(H,18,19). The first-order valence-corrected chi connectivity index (χ1v) is 8.48. The Balaban J connectivity index is 1.86. The zero-order chi connectivity index (χ0) is 18.1. The second-order valence-corrected chi connectivity index (χ2v) is 6.49. The molecule has 0 aromatic carbocycles. The Morgan fingerprint density at radius 3 is 2.64 bits per heavy atom. The van der Waals surface area contributed by atoms with E-state index < -0.39 is 5.69 Å². The maximum atomic E-state index is 12.6. The molecule has 1 amide bonds. The Bertz CT molecular complexity index is 944.